The van der Waals surface area contributed by atoms with Crippen LogP contribution in [0.4, 0.5) is 16.6 Å². The van der Waals surface area contributed by atoms with Gasteiger partial charge in [-0.2, -0.15) is 0 Å². The number of nitrogen functional groups attached to an aromatic ring is 1. The summed E-state index contributed by atoms with van der Waals surface area (Å²) in [4.78, 5) is 44.9. The first-order valence-electron chi connectivity index (χ1n) is 19.5. The average molecular weight is 947 g/mol. The molecule has 1 amide bonds. The van der Waals surface area contributed by atoms with Crippen molar-refractivity contribution in [3.8, 4) is 0 Å². The molecule has 1 aliphatic heterocycles. The lowest BCUT2D eigenvalue weighted by molar-refractivity contribution is -0.157. The van der Waals surface area contributed by atoms with Gasteiger partial charge in [-0.15, -0.1) is 0 Å². The number of rotatable bonds is 15. The van der Waals surface area contributed by atoms with Crippen molar-refractivity contribution in [2.24, 2.45) is 5.11 Å². The lowest BCUT2D eigenvalue weighted by atomic mass is 10.1. The number of halogens is 1. The SMILES string of the molecule is CC(C)(C)OC(=O)N[C@@H](CCN(CCI)C[C@H]1O[C@@H](n2c(N=[N+]=[N-])nc3c(N)ncnc32)[C@H](O[Si](C)(C)C(C)(C)C)[C@@H]1O[Si](C)(C)C(C)(C)C)C(=O)OC(C)(C)C. The number of hydrogen-bond donors (Lipinski definition) is 2. The van der Waals surface area contributed by atoms with E-state index in [0.717, 1.165) is 4.43 Å². The van der Waals surface area contributed by atoms with Crippen molar-refractivity contribution in [1.82, 2.24) is 29.7 Å². The highest BCUT2D eigenvalue weighted by Crippen LogP contribution is 2.47. The molecule has 2 aromatic rings. The second-order valence-electron chi connectivity index (χ2n) is 19.7. The van der Waals surface area contributed by atoms with Crippen molar-refractivity contribution < 1.29 is 32.7 Å². The van der Waals surface area contributed by atoms with Gasteiger partial charge in [0.2, 0.25) is 5.95 Å². The highest BCUT2D eigenvalue weighted by molar-refractivity contribution is 14.1. The van der Waals surface area contributed by atoms with Crippen LogP contribution in [0, 0.1) is 0 Å². The zero-order valence-corrected chi connectivity index (χ0v) is 41.0. The highest BCUT2D eigenvalue weighted by Gasteiger charge is 2.55. The molecule has 0 aliphatic carbocycles. The number of nitrogens with one attached hydrogen (secondary N) is 1. The number of nitrogens with zero attached hydrogens (tertiary/aromatic N) is 8. The van der Waals surface area contributed by atoms with E-state index in [-0.39, 0.29) is 33.8 Å². The predicted molar refractivity (Wildman–Crippen MR) is 236 cm³/mol. The number of hydrogen-bond acceptors (Lipinski definition) is 13. The van der Waals surface area contributed by atoms with Crippen molar-refractivity contribution in [2.75, 3.05) is 29.8 Å². The van der Waals surface area contributed by atoms with Gasteiger partial charge in [0.05, 0.1) is 0 Å². The molecule has 0 unspecified atom stereocenters. The molecule has 1 fully saturated rings. The number of anilines is 1. The maximum Gasteiger partial charge on any atom is 0.408 e. The van der Waals surface area contributed by atoms with Gasteiger partial charge in [-0.05, 0) is 94.9 Å². The minimum Gasteiger partial charge on any atom is -0.458 e. The summed E-state index contributed by atoms with van der Waals surface area (Å²) in [6.45, 7) is 33.9. The third-order valence-corrected chi connectivity index (χ3v) is 20.0. The van der Waals surface area contributed by atoms with Gasteiger partial charge < -0.3 is 34.1 Å². The number of carbonyl (C=O) groups excluding carboxylic acids is 2. The topological polar surface area (TPSA) is 214 Å². The van der Waals surface area contributed by atoms with Gasteiger partial charge in [-0.25, -0.2) is 24.5 Å². The summed E-state index contributed by atoms with van der Waals surface area (Å²) in [7, 11) is -5.04. The lowest BCUT2D eigenvalue weighted by Gasteiger charge is -2.44. The van der Waals surface area contributed by atoms with Gasteiger partial charge in [-0.1, -0.05) is 64.1 Å². The van der Waals surface area contributed by atoms with Crippen LogP contribution in [0.15, 0.2) is 11.4 Å². The molecule has 1 aliphatic rings. The maximum absolute atomic E-state index is 13.5. The largest absolute Gasteiger partial charge is 0.458 e. The zero-order chi connectivity index (χ0) is 43.5. The molecular weight excluding hydrogens is 880 g/mol. The Bertz CT molecular complexity index is 1760. The summed E-state index contributed by atoms with van der Waals surface area (Å²) in [5.74, 6) is -0.412. The first-order chi connectivity index (χ1) is 25.9. The fourth-order valence-electron chi connectivity index (χ4n) is 5.68. The van der Waals surface area contributed by atoms with Crippen LogP contribution < -0.4 is 11.1 Å². The third kappa shape index (κ3) is 12.9. The molecule has 0 saturated carbocycles. The van der Waals surface area contributed by atoms with E-state index in [1.54, 1.807) is 46.1 Å². The van der Waals surface area contributed by atoms with E-state index in [2.05, 4.69) is 126 Å². The van der Waals surface area contributed by atoms with E-state index >= 15 is 0 Å². The number of fused-ring (bicyclic) bond motifs is 1. The van der Waals surface area contributed by atoms with Crippen molar-refractivity contribution in [1.29, 1.82) is 0 Å². The number of alkyl carbamates (subject to hydrolysis) is 1. The smallest absolute Gasteiger partial charge is 0.408 e. The Morgan fingerprint density at radius 1 is 0.965 bits per heavy atom. The zero-order valence-electron chi connectivity index (χ0n) is 36.9. The Balaban J connectivity index is 2.18. The fourth-order valence-corrected chi connectivity index (χ4v) is 8.96. The molecule has 1 saturated heterocycles. The van der Waals surface area contributed by atoms with E-state index in [4.69, 9.17) is 28.8 Å². The van der Waals surface area contributed by atoms with Crippen molar-refractivity contribution in [3.05, 3.63) is 16.8 Å². The molecule has 17 nitrogen and oxygen atoms in total. The van der Waals surface area contributed by atoms with Gasteiger partial charge >= 0.3 is 12.1 Å². The average Bonchev–Trinajstić information content (AvgIpc) is 3.53. The summed E-state index contributed by atoms with van der Waals surface area (Å²) < 4.78 is 35.5. The first kappa shape index (κ1) is 48.8. The number of alkyl halides is 1. The predicted octanol–water partition coefficient (Wildman–Crippen LogP) is 8.39. The van der Waals surface area contributed by atoms with Gasteiger partial charge in [0.1, 0.15) is 41.9 Å². The minimum atomic E-state index is -2.54. The van der Waals surface area contributed by atoms with Crippen LogP contribution in [0.2, 0.25) is 36.3 Å². The second-order valence-corrected chi connectivity index (χ2v) is 30.3. The van der Waals surface area contributed by atoms with E-state index in [0.29, 0.717) is 25.3 Å². The van der Waals surface area contributed by atoms with Gasteiger partial charge in [0.25, 0.3) is 0 Å². The number of imidazole rings is 1. The normalized spacial score (nSPS) is 20.4. The minimum absolute atomic E-state index is 0.0118. The summed E-state index contributed by atoms with van der Waals surface area (Å²) in [5, 5.41) is 6.36. The molecule has 3 rings (SSSR count). The number of aromatic nitrogens is 4. The van der Waals surface area contributed by atoms with Gasteiger partial charge in [0, 0.05) is 29.0 Å². The number of nitrogens with two attached hydrogens (primary N) is 1. The van der Waals surface area contributed by atoms with Crippen LogP contribution in [0.25, 0.3) is 21.6 Å². The molecule has 0 aromatic carbocycles. The Labute approximate surface area is 354 Å². The maximum atomic E-state index is 13.5. The summed E-state index contributed by atoms with van der Waals surface area (Å²) in [6, 6.07) is -0.976. The molecule has 0 spiro atoms. The standard InChI is InChI=1S/C37H67IN10O7Si2/c1-34(2,3)52-31(49)23(43-33(50)53-35(4,5)6)17-19-47(20-18-38)21-24-26(54-56(13,14)36(7,8)9)27(55-57(15,16)37(10,11)12)30(51-24)48-29-25(28(39)41-22-42-29)44-32(48)45-46-40/h22-24,26-27,30H,17-21H2,1-16H3,(H,43,50)(H2,39,41,42)/t23-,24+,26+,27+,30+/m0/s1. The molecule has 0 radical (unpaired) electrons. The molecular formula is C37H67IN10O7Si2. The van der Waals surface area contributed by atoms with Crippen LogP contribution in [-0.2, 0) is 27.9 Å². The Kier molecular flexibility index (Phi) is 15.7. The van der Waals surface area contributed by atoms with Crippen LogP contribution in [0.1, 0.15) is 95.7 Å². The molecule has 5 atom stereocenters. The van der Waals surface area contributed by atoms with Gasteiger partial charge in [0.15, 0.2) is 39.8 Å². The van der Waals surface area contributed by atoms with E-state index in [9.17, 15) is 15.1 Å². The number of esters is 1. The van der Waals surface area contributed by atoms with Crippen molar-refractivity contribution in [2.45, 2.75) is 168 Å². The monoisotopic (exact) mass is 946 g/mol. The van der Waals surface area contributed by atoms with E-state index < -0.39 is 70.5 Å². The second kappa shape index (κ2) is 18.3. The number of amides is 1. The lowest BCUT2D eigenvalue weighted by Crippen LogP contribution is -2.55. The highest BCUT2D eigenvalue weighted by atomic mass is 127. The summed E-state index contributed by atoms with van der Waals surface area (Å²) in [5.41, 5.74) is 15.0. The van der Waals surface area contributed by atoms with Crippen LogP contribution >= 0.6 is 22.6 Å². The number of azide groups is 1. The Morgan fingerprint density at radius 2 is 1.53 bits per heavy atom. The first-order valence-corrected chi connectivity index (χ1v) is 26.8. The molecule has 322 valence electrons. The molecule has 3 N–H and O–H groups in total. The quantitative estimate of drug-likeness (QED) is 0.0328. The van der Waals surface area contributed by atoms with Crippen LogP contribution in [-0.4, -0.2) is 113 Å². The van der Waals surface area contributed by atoms with E-state index in [1.807, 2.05) is 0 Å². The summed E-state index contributed by atoms with van der Waals surface area (Å²) >= 11 is 2.33. The van der Waals surface area contributed by atoms with Crippen molar-refractivity contribution in [3.63, 3.8) is 0 Å². The molecule has 57 heavy (non-hydrogen) atoms. The van der Waals surface area contributed by atoms with Crippen LogP contribution in [0.3, 0.4) is 0 Å². The number of carbonyl (C=O) groups is 2. The number of ether oxygens (including phenoxy) is 3. The molecule has 3 heterocycles. The Hall–Kier alpha value is -2.60. The van der Waals surface area contributed by atoms with Crippen molar-refractivity contribution >= 4 is 74.2 Å². The fraction of sp³-hybridized carbons (Fsp3) is 0.811. The van der Waals surface area contributed by atoms with Crippen LogP contribution in [0.5, 0.6) is 0 Å². The van der Waals surface area contributed by atoms with E-state index in [1.165, 1.54) is 6.33 Å². The molecule has 20 heteroatoms. The third-order valence-electron chi connectivity index (χ3n) is 10.6. The Morgan fingerprint density at radius 3 is 2.04 bits per heavy atom. The molecule has 2 aromatic heterocycles. The summed E-state index contributed by atoms with van der Waals surface area (Å²) in [6.07, 6.45) is -1.86. The molecule has 0 bridgehead atoms. The van der Waals surface area contributed by atoms with Gasteiger partial charge in [-0.3, -0.25) is 9.47 Å².